The zero-order valence-electron chi connectivity index (χ0n) is 16.5. The molecule has 1 amide bonds. The molecule has 1 saturated carbocycles. The van der Waals surface area contributed by atoms with Crippen LogP contribution in [-0.2, 0) is 11.3 Å². The molecule has 1 fully saturated rings. The molecule has 0 atom stereocenters. The molecular weight excluding hydrogens is 418 g/mol. The normalized spacial score (nSPS) is 14.0. The van der Waals surface area contributed by atoms with Gasteiger partial charge in [-0.2, -0.15) is 0 Å². The minimum atomic E-state index is -0.127. The second kappa shape index (κ2) is 9.90. The SMILES string of the molecule is C=CCn1c(SCC(=O)Nc2nccs2)nnc1-c1ccc(OC2CCCC2)cc1. The fourth-order valence-corrected chi connectivity index (χ4v) is 4.65. The summed E-state index contributed by atoms with van der Waals surface area (Å²) < 4.78 is 8.00. The number of thioether (sulfide) groups is 1. The number of anilines is 1. The first-order valence-corrected chi connectivity index (χ1v) is 11.7. The molecule has 1 aromatic carbocycles. The third-order valence-corrected chi connectivity index (χ3v) is 6.41. The van der Waals surface area contributed by atoms with Crippen molar-refractivity contribution in [1.29, 1.82) is 0 Å². The van der Waals surface area contributed by atoms with Gasteiger partial charge in [0.1, 0.15) is 5.75 Å². The number of rotatable bonds is 9. The summed E-state index contributed by atoms with van der Waals surface area (Å²) in [6.07, 6.45) is 8.54. The molecule has 3 aromatic rings. The summed E-state index contributed by atoms with van der Waals surface area (Å²) in [6, 6.07) is 7.96. The number of allylic oxidation sites excluding steroid dienone is 1. The number of hydrogen-bond donors (Lipinski definition) is 1. The summed E-state index contributed by atoms with van der Waals surface area (Å²) in [5.74, 6) is 1.72. The number of nitrogens with one attached hydrogen (secondary N) is 1. The Labute approximate surface area is 183 Å². The fraction of sp³-hybridized carbons (Fsp3) is 0.333. The lowest BCUT2D eigenvalue weighted by Crippen LogP contribution is -2.14. The fourth-order valence-electron chi connectivity index (χ4n) is 3.35. The van der Waals surface area contributed by atoms with Gasteiger partial charge in [-0.3, -0.25) is 9.36 Å². The third kappa shape index (κ3) is 5.09. The standard InChI is InChI=1S/C21H23N5O2S2/c1-2-12-26-19(15-7-9-17(10-8-15)28-16-5-3-4-6-16)24-25-21(26)30-14-18(27)23-20-22-11-13-29-20/h2,7-11,13,16H,1,3-6,12,14H2,(H,22,23,27). The lowest BCUT2D eigenvalue weighted by atomic mass is 10.2. The Morgan fingerprint density at radius 3 is 2.80 bits per heavy atom. The second-order valence-electron chi connectivity index (χ2n) is 6.93. The van der Waals surface area contributed by atoms with E-state index in [9.17, 15) is 4.79 Å². The predicted octanol–water partition coefficient (Wildman–Crippen LogP) is 4.64. The molecule has 1 aliphatic rings. The Hall–Kier alpha value is -2.65. The molecule has 0 unspecified atom stereocenters. The first kappa shape index (κ1) is 20.6. The molecule has 2 heterocycles. The Kier molecular flexibility index (Phi) is 6.81. The first-order valence-electron chi connectivity index (χ1n) is 9.86. The van der Waals surface area contributed by atoms with E-state index < -0.39 is 0 Å². The van der Waals surface area contributed by atoms with Crippen molar-refractivity contribution < 1.29 is 9.53 Å². The number of ether oxygens (including phenoxy) is 1. The molecule has 156 valence electrons. The molecule has 30 heavy (non-hydrogen) atoms. The van der Waals surface area contributed by atoms with Crippen molar-refractivity contribution in [3.05, 3.63) is 48.5 Å². The van der Waals surface area contributed by atoms with Gasteiger partial charge >= 0.3 is 0 Å². The van der Waals surface area contributed by atoms with Gasteiger partial charge in [0, 0.05) is 23.7 Å². The van der Waals surface area contributed by atoms with Crippen molar-refractivity contribution in [1.82, 2.24) is 19.7 Å². The molecule has 0 radical (unpaired) electrons. The van der Waals surface area contributed by atoms with Crippen LogP contribution in [0, 0.1) is 0 Å². The monoisotopic (exact) mass is 441 g/mol. The average molecular weight is 442 g/mol. The summed E-state index contributed by atoms with van der Waals surface area (Å²) in [5, 5.41) is 14.5. The molecule has 1 aliphatic carbocycles. The highest BCUT2D eigenvalue weighted by molar-refractivity contribution is 7.99. The summed E-state index contributed by atoms with van der Waals surface area (Å²) in [6.45, 7) is 4.39. The van der Waals surface area contributed by atoms with Crippen LogP contribution < -0.4 is 10.1 Å². The van der Waals surface area contributed by atoms with E-state index in [4.69, 9.17) is 4.74 Å². The number of carbonyl (C=O) groups excluding carboxylic acids is 1. The molecule has 0 bridgehead atoms. The van der Waals surface area contributed by atoms with E-state index in [0.29, 0.717) is 22.9 Å². The quantitative estimate of drug-likeness (QED) is 0.385. The molecular formula is C21H23N5O2S2. The minimum absolute atomic E-state index is 0.127. The number of carbonyl (C=O) groups is 1. The zero-order valence-corrected chi connectivity index (χ0v) is 18.1. The van der Waals surface area contributed by atoms with E-state index >= 15 is 0 Å². The molecule has 0 aliphatic heterocycles. The first-order chi connectivity index (χ1) is 14.7. The molecule has 1 N–H and O–H groups in total. The summed E-state index contributed by atoms with van der Waals surface area (Å²) >= 11 is 2.73. The van der Waals surface area contributed by atoms with Crippen LogP contribution in [0.4, 0.5) is 5.13 Å². The maximum atomic E-state index is 12.2. The Morgan fingerprint density at radius 1 is 1.30 bits per heavy atom. The smallest absolute Gasteiger partial charge is 0.236 e. The van der Waals surface area contributed by atoms with Gasteiger partial charge in [-0.05, 0) is 49.9 Å². The number of amides is 1. The maximum Gasteiger partial charge on any atom is 0.236 e. The highest BCUT2D eigenvalue weighted by Crippen LogP contribution is 2.28. The van der Waals surface area contributed by atoms with E-state index in [-0.39, 0.29) is 11.7 Å². The molecule has 9 heteroatoms. The van der Waals surface area contributed by atoms with Crippen LogP contribution in [0.25, 0.3) is 11.4 Å². The van der Waals surface area contributed by atoms with Gasteiger partial charge < -0.3 is 10.1 Å². The van der Waals surface area contributed by atoms with Crippen LogP contribution in [0.5, 0.6) is 5.75 Å². The van der Waals surface area contributed by atoms with Gasteiger partial charge in [0.05, 0.1) is 11.9 Å². The van der Waals surface area contributed by atoms with E-state index in [1.807, 2.05) is 34.2 Å². The van der Waals surface area contributed by atoms with Gasteiger partial charge in [0.15, 0.2) is 16.1 Å². The Balaban J connectivity index is 1.43. The number of aromatic nitrogens is 4. The van der Waals surface area contributed by atoms with Crippen molar-refractivity contribution in [2.45, 2.75) is 43.5 Å². The van der Waals surface area contributed by atoms with Crippen LogP contribution >= 0.6 is 23.1 Å². The number of hydrogen-bond acceptors (Lipinski definition) is 7. The highest BCUT2D eigenvalue weighted by atomic mass is 32.2. The van der Waals surface area contributed by atoms with Gasteiger partial charge in [0.25, 0.3) is 0 Å². The highest BCUT2D eigenvalue weighted by Gasteiger charge is 2.18. The van der Waals surface area contributed by atoms with E-state index in [1.54, 1.807) is 12.3 Å². The van der Waals surface area contributed by atoms with Crippen molar-refractivity contribution in [3.63, 3.8) is 0 Å². The largest absolute Gasteiger partial charge is 0.490 e. The third-order valence-electron chi connectivity index (χ3n) is 4.76. The molecule has 4 rings (SSSR count). The van der Waals surface area contributed by atoms with Gasteiger partial charge in [-0.25, -0.2) is 4.98 Å². The lowest BCUT2D eigenvalue weighted by Gasteiger charge is -2.13. The molecule has 0 spiro atoms. The topological polar surface area (TPSA) is 81.9 Å². The number of nitrogens with zero attached hydrogens (tertiary/aromatic N) is 4. The number of benzene rings is 1. The average Bonchev–Trinajstić information content (AvgIpc) is 3.51. The second-order valence-corrected chi connectivity index (χ2v) is 8.77. The van der Waals surface area contributed by atoms with Crippen LogP contribution in [0.2, 0.25) is 0 Å². The van der Waals surface area contributed by atoms with Crippen LogP contribution in [0.3, 0.4) is 0 Å². The minimum Gasteiger partial charge on any atom is -0.490 e. The summed E-state index contributed by atoms with van der Waals surface area (Å²) in [4.78, 5) is 16.2. The van der Waals surface area contributed by atoms with E-state index in [0.717, 1.165) is 30.0 Å². The van der Waals surface area contributed by atoms with Crippen LogP contribution in [-0.4, -0.2) is 37.5 Å². The summed E-state index contributed by atoms with van der Waals surface area (Å²) in [7, 11) is 0. The van der Waals surface area contributed by atoms with Crippen molar-refractivity contribution in [2.75, 3.05) is 11.1 Å². The lowest BCUT2D eigenvalue weighted by molar-refractivity contribution is -0.113. The Bertz CT molecular complexity index is 980. The van der Waals surface area contributed by atoms with Crippen molar-refractivity contribution in [2.24, 2.45) is 0 Å². The van der Waals surface area contributed by atoms with Gasteiger partial charge in [0.2, 0.25) is 5.91 Å². The van der Waals surface area contributed by atoms with Crippen LogP contribution in [0.1, 0.15) is 25.7 Å². The predicted molar refractivity (Wildman–Crippen MR) is 120 cm³/mol. The van der Waals surface area contributed by atoms with Gasteiger partial charge in [-0.1, -0.05) is 17.8 Å². The van der Waals surface area contributed by atoms with Gasteiger partial charge in [-0.15, -0.1) is 28.1 Å². The maximum absolute atomic E-state index is 12.2. The zero-order chi connectivity index (χ0) is 20.8. The van der Waals surface area contributed by atoms with Crippen molar-refractivity contribution >= 4 is 34.1 Å². The molecule has 2 aromatic heterocycles. The van der Waals surface area contributed by atoms with E-state index in [2.05, 4.69) is 27.1 Å². The molecule has 7 nitrogen and oxygen atoms in total. The van der Waals surface area contributed by atoms with Crippen LogP contribution in [0.15, 0.2) is 53.7 Å². The summed E-state index contributed by atoms with van der Waals surface area (Å²) in [5.41, 5.74) is 0.946. The van der Waals surface area contributed by atoms with Crippen molar-refractivity contribution in [3.8, 4) is 17.1 Å². The molecule has 0 saturated heterocycles. The number of thiazole rings is 1. The Morgan fingerprint density at radius 2 is 2.10 bits per heavy atom. The van der Waals surface area contributed by atoms with E-state index in [1.165, 1.54) is 35.9 Å².